The third kappa shape index (κ3) is 2.76. The molecule has 0 unspecified atom stereocenters. The fourth-order valence-electron chi connectivity index (χ4n) is 3.15. The van der Waals surface area contributed by atoms with Crippen molar-refractivity contribution in [1.82, 2.24) is 4.57 Å². The molecule has 1 aromatic heterocycles. The molecule has 0 spiro atoms. The third-order valence-corrected chi connectivity index (χ3v) is 5.56. The summed E-state index contributed by atoms with van der Waals surface area (Å²) in [6.07, 6.45) is 2.45. The molecule has 1 N–H and O–H groups in total. The Kier molecular flexibility index (Phi) is 4.10. The van der Waals surface area contributed by atoms with Gasteiger partial charge in [-0.1, -0.05) is 45.2 Å². The van der Waals surface area contributed by atoms with Gasteiger partial charge in [0.2, 0.25) is 5.43 Å². The van der Waals surface area contributed by atoms with Crippen molar-refractivity contribution in [2.45, 2.75) is 13.0 Å². The zero-order valence-corrected chi connectivity index (χ0v) is 15.9. The number of carbonyl (C=O) groups excluding carboxylic acids is 1. The second kappa shape index (κ2) is 6.16. The number of amides is 1. The molecule has 7 heteroatoms. The van der Waals surface area contributed by atoms with E-state index in [9.17, 15) is 9.59 Å². The van der Waals surface area contributed by atoms with Crippen molar-refractivity contribution in [3.8, 4) is 0 Å². The molecular formula is C18H11BrCl2N2O2. The smallest absolute Gasteiger partial charge is 0.261 e. The maximum atomic E-state index is 12.8. The Morgan fingerprint density at radius 1 is 1.24 bits per heavy atom. The second-order valence-electron chi connectivity index (χ2n) is 5.83. The lowest BCUT2D eigenvalue weighted by molar-refractivity contribution is 0.102. The normalized spacial score (nSPS) is 12.6. The van der Waals surface area contributed by atoms with E-state index in [0.29, 0.717) is 16.1 Å². The highest BCUT2D eigenvalue weighted by Gasteiger charge is 2.22. The lowest BCUT2D eigenvalue weighted by atomic mass is 10.1. The summed E-state index contributed by atoms with van der Waals surface area (Å²) in [4.78, 5) is 25.5. The zero-order chi connectivity index (χ0) is 17.7. The first kappa shape index (κ1) is 16.6. The maximum Gasteiger partial charge on any atom is 0.261 e. The third-order valence-electron chi connectivity index (χ3n) is 4.28. The highest BCUT2D eigenvalue weighted by molar-refractivity contribution is 9.10. The van der Waals surface area contributed by atoms with Gasteiger partial charge < -0.3 is 9.88 Å². The van der Waals surface area contributed by atoms with Crippen molar-refractivity contribution in [2.24, 2.45) is 0 Å². The van der Waals surface area contributed by atoms with Crippen LogP contribution in [-0.2, 0) is 13.0 Å². The summed E-state index contributed by atoms with van der Waals surface area (Å²) in [7, 11) is 0. The number of aromatic nitrogens is 1. The van der Waals surface area contributed by atoms with Gasteiger partial charge in [-0.3, -0.25) is 9.59 Å². The largest absolute Gasteiger partial charge is 0.346 e. The Balaban J connectivity index is 1.83. The summed E-state index contributed by atoms with van der Waals surface area (Å²) in [6, 6.07) is 8.71. The fraction of sp³-hybridized carbons (Fsp3) is 0.111. The van der Waals surface area contributed by atoms with E-state index in [-0.39, 0.29) is 16.0 Å². The minimum Gasteiger partial charge on any atom is -0.346 e. The number of nitrogens with one attached hydrogen (secondary N) is 1. The first-order valence-electron chi connectivity index (χ1n) is 7.56. The Labute approximate surface area is 161 Å². The Bertz CT molecular complexity index is 1110. The van der Waals surface area contributed by atoms with Gasteiger partial charge in [-0.05, 0) is 36.2 Å². The van der Waals surface area contributed by atoms with Gasteiger partial charge in [-0.15, -0.1) is 0 Å². The maximum absolute atomic E-state index is 12.8. The molecule has 1 amide bonds. The number of hydrogen-bond donors (Lipinski definition) is 1. The van der Waals surface area contributed by atoms with Crippen molar-refractivity contribution in [2.75, 3.05) is 5.32 Å². The number of rotatable bonds is 2. The second-order valence-corrected chi connectivity index (χ2v) is 7.53. The first-order valence-corrected chi connectivity index (χ1v) is 9.11. The number of nitrogens with zero attached hydrogens (tertiary/aromatic N) is 1. The van der Waals surface area contributed by atoms with Gasteiger partial charge in [0, 0.05) is 22.6 Å². The van der Waals surface area contributed by atoms with Gasteiger partial charge in [0.25, 0.3) is 5.91 Å². The Morgan fingerprint density at radius 3 is 2.84 bits per heavy atom. The summed E-state index contributed by atoms with van der Waals surface area (Å²) in [5, 5.41) is 3.79. The van der Waals surface area contributed by atoms with Gasteiger partial charge in [-0.25, -0.2) is 0 Å². The molecule has 4 nitrogen and oxygen atoms in total. The van der Waals surface area contributed by atoms with Crippen molar-refractivity contribution in [1.29, 1.82) is 0 Å². The molecule has 126 valence electrons. The minimum atomic E-state index is -0.506. The van der Waals surface area contributed by atoms with Gasteiger partial charge in [0.15, 0.2) is 0 Å². The number of halogens is 3. The molecule has 0 bridgehead atoms. The van der Waals surface area contributed by atoms with Crippen LogP contribution in [0.4, 0.5) is 5.69 Å². The number of hydrogen-bond acceptors (Lipinski definition) is 2. The molecule has 0 atom stereocenters. The molecule has 0 fully saturated rings. The summed E-state index contributed by atoms with van der Waals surface area (Å²) < 4.78 is 2.78. The van der Waals surface area contributed by atoms with Crippen LogP contribution in [0, 0.1) is 0 Å². The van der Waals surface area contributed by atoms with Gasteiger partial charge in [-0.2, -0.15) is 0 Å². The highest BCUT2D eigenvalue weighted by Crippen LogP contribution is 2.31. The van der Waals surface area contributed by atoms with Gasteiger partial charge in [0.1, 0.15) is 5.56 Å². The number of benzene rings is 2. The zero-order valence-electron chi connectivity index (χ0n) is 12.8. The van der Waals surface area contributed by atoms with Crippen molar-refractivity contribution >= 4 is 61.6 Å². The molecule has 0 saturated heterocycles. The summed E-state index contributed by atoms with van der Waals surface area (Å²) >= 11 is 15.5. The first-order chi connectivity index (χ1) is 12.0. The predicted octanol–water partition coefficient (Wildman–Crippen LogP) is 4.88. The lowest BCUT2D eigenvalue weighted by Gasteiger charge is -2.11. The van der Waals surface area contributed by atoms with E-state index in [4.69, 9.17) is 23.2 Å². The van der Waals surface area contributed by atoms with Crippen molar-refractivity contribution < 1.29 is 4.79 Å². The van der Waals surface area contributed by atoms with Crippen LogP contribution in [0.15, 0.2) is 45.8 Å². The van der Waals surface area contributed by atoms with E-state index in [1.807, 2.05) is 10.6 Å². The fourth-order valence-corrected chi connectivity index (χ4v) is 4.00. The van der Waals surface area contributed by atoms with Gasteiger partial charge in [0.05, 0.1) is 21.2 Å². The van der Waals surface area contributed by atoms with E-state index < -0.39 is 5.91 Å². The molecular weight excluding hydrogens is 427 g/mol. The Morgan fingerprint density at radius 2 is 2.04 bits per heavy atom. The average molecular weight is 438 g/mol. The predicted molar refractivity (Wildman–Crippen MR) is 104 cm³/mol. The molecule has 3 aromatic rings. The van der Waals surface area contributed by atoms with Gasteiger partial charge >= 0.3 is 0 Å². The summed E-state index contributed by atoms with van der Waals surface area (Å²) in [5.41, 5.74) is 2.15. The van der Waals surface area contributed by atoms with Crippen LogP contribution in [0.3, 0.4) is 0 Å². The van der Waals surface area contributed by atoms with Crippen LogP contribution in [0.2, 0.25) is 10.0 Å². The van der Waals surface area contributed by atoms with E-state index >= 15 is 0 Å². The average Bonchev–Trinajstić information content (AvgIpc) is 2.98. The van der Waals surface area contributed by atoms with E-state index in [1.165, 1.54) is 0 Å². The standard InChI is InChI=1S/C18H11BrCl2N2O2/c19-10-6-9-4-5-23-8-12(17(24)11(7-10)16(9)23)18(25)22-14-3-1-2-13(20)15(14)21/h1-3,6-8H,4-5H2,(H,22,25). The van der Waals surface area contributed by atoms with E-state index in [2.05, 4.69) is 21.2 Å². The number of aryl methyl sites for hydroxylation is 2. The van der Waals surface area contributed by atoms with Crippen LogP contribution in [0.5, 0.6) is 0 Å². The SMILES string of the molecule is O=C(Nc1cccc(Cl)c1Cl)c1cn2c3c(cc(Br)cc3c1=O)CC2. The molecule has 4 rings (SSSR count). The van der Waals surface area contributed by atoms with Crippen molar-refractivity contribution in [3.05, 3.63) is 72.4 Å². The number of carbonyl (C=O) groups is 1. The molecule has 25 heavy (non-hydrogen) atoms. The molecule has 1 aliphatic heterocycles. The van der Waals surface area contributed by atoms with Crippen LogP contribution >= 0.6 is 39.1 Å². The summed E-state index contributed by atoms with van der Waals surface area (Å²) in [5.74, 6) is -0.506. The number of pyridine rings is 1. The minimum absolute atomic E-state index is 0.0782. The molecule has 0 radical (unpaired) electrons. The molecule has 2 aromatic carbocycles. The van der Waals surface area contributed by atoms with Crippen LogP contribution in [-0.4, -0.2) is 10.5 Å². The molecule has 1 aliphatic rings. The van der Waals surface area contributed by atoms with E-state index in [0.717, 1.165) is 28.5 Å². The van der Waals surface area contributed by atoms with Crippen LogP contribution < -0.4 is 10.7 Å². The quantitative estimate of drug-likeness (QED) is 0.621. The summed E-state index contributed by atoms with van der Waals surface area (Å²) in [6.45, 7) is 0.737. The monoisotopic (exact) mass is 436 g/mol. The Hall–Kier alpha value is -1.82. The molecule has 0 aliphatic carbocycles. The molecule has 0 saturated carbocycles. The van der Waals surface area contributed by atoms with E-state index in [1.54, 1.807) is 30.5 Å². The topological polar surface area (TPSA) is 51.1 Å². The van der Waals surface area contributed by atoms with Crippen molar-refractivity contribution in [3.63, 3.8) is 0 Å². The molecule has 2 heterocycles. The highest BCUT2D eigenvalue weighted by atomic mass is 79.9. The lowest BCUT2D eigenvalue weighted by Crippen LogP contribution is -2.23. The van der Waals surface area contributed by atoms with Crippen LogP contribution in [0.25, 0.3) is 10.9 Å². The van der Waals surface area contributed by atoms with Crippen LogP contribution in [0.1, 0.15) is 15.9 Å². The number of anilines is 1.